The topological polar surface area (TPSA) is 270 Å². The highest BCUT2D eigenvalue weighted by molar-refractivity contribution is 5.80. The first-order chi connectivity index (χ1) is 32.1. The van der Waals surface area contributed by atoms with Gasteiger partial charge in [0, 0.05) is 63.9 Å². The van der Waals surface area contributed by atoms with Crippen molar-refractivity contribution in [2.24, 2.45) is 0 Å². The summed E-state index contributed by atoms with van der Waals surface area (Å²) < 4.78 is 49.1. The van der Waals surface area contributed by atoms with E-state index in [4.69, 9.17) is 42.6 Å². The van der Waals surface area contributed by atoms with Crippen molar-refractivity contribution in [3.05, 3.63) is 123 Å². The molecule has 0 bridgehead atoms. The number of alkyl carbamates (subject to hydrolysis) is 1. The number of methoxy groups -OCH3 is 1. The van der Waals surface area contributed by atoms with Crippen LogP contribution in [0.3, 0.4) is 0 Å². The molecule has 4 aromatic rings. The van der Waals surface area contributed by atoms with Crippen LogP contribution in [0, 0.1) is 10.1 Å². The zero-order valence-corrected chi connectivity index (χ0v) is 36.5. The van der Waals surface area contributed by atoms with Crippen molar-refractivity contribution in [1.29, 1.82) is 0 Å². The lowest BCUT2D eigenvalue weighted by Crippen LogP contribution is -2.64. The molecule has 0 radical (unpaired) electrons. The number of fused-ring (bicyclic) bond motifs is 3. The Labute approximate surface area is 382 Å². The number of carbonyl (C=O) groups is 7. The van der Waals surface area contributed by atoms with E-state index in [9.17, 15) is 43.7 Å². The Morgan fingerprint density at radius 1 is 0.731 bits per heavy atom. The van der Waals surface area contributed by atoms with Crippen LogP contribution >= 0.6 is 0 Å². The van der Waals surface area contributed by atoms with Gasteiger partial charge >= 0.3 is 36.1 Å². The third-order valence-electron chi connectivity index (χ3n) is 10.2. The molecule has 5 atom stereocenters. The summed E-state index contributed by atoms with van der Waals surface area (Å²) >= 11 is 0. The minimum atomic E-state index is -1.77. The molecule has 21 heteroatoms. The number of amides is 2. The number of nitrogens with zero attached hydrogens (tertiary/aromatic N) is 1. The molecule has 0 aromatic heterocycles. The van der Waals surface area contributed by atoms with Gasteiger partial charge in [0.1, 0.15) is 24.7 Å². The number of rotatable bonds is 17. The van der Waals surface area contributed by atoms with Crippen molar-refractivity contribution in [3.63, 3.8) is 0 Å². The van der Waals surface area contributed by atoms with Crippen molar-refractivity contribution in [2.75, 3.05) is 20.3 Å². The molecule has 1 heterocycles. The Balaban J connectivity index is 1.16. The SMILES string of the molecule is COC(=O)[C@H]1O[C@@H](Oc2ccc(COC(=O)Oc3ccc([N+](=O)[O-])cc3)cc2CNC(=O)CCNC(=O)OCC2c3ccccc3-c3ccccc32)[C@H](OC(C)=O)[C@@H](OC(C)=O)[C@@H]1OC(C)=O. The minimum absolute atomic E-state index is 0.0288. The summed E-state index contributed by atoms with van der Waals surface area (Å²) in [5.41, 5.74) is 4.51. The number of carbonyl (C=O) groups excluding carboxylic acids is 7. The molecule has 0 saturated carbocycles. The van der Waals surface area contributed by atoms with Crippen molar-refractivity contribution < 1.29 is 81.1 Å². The summed E-state index contributed by atoms with van der Waals surface area (Å²) in [5.74, 6) is -4.55. The van der Waals surface area contributed by atoms with Gasteiger partial charge in [0.15, 0.2) is 18.3 Å². The number of ether oxygens (including phenoxy) is 9. The summed E-state index contributed by atoms with van der Waals surface area (Å²) in [5, 5.41) is 16.3. The van der Waals surface area contributed by atoms with E-state index >= 15 is 0 Å². The molecule has 0 spiro atoms. The largest absolute Gasteiger partial charge is 0.514 e. The summed E-state index contributed by atoms with van der Waals surface area (Å²) in [4.78, 5) is 98.7. The highest BCUT2D eigenvalue weighted by Gasteiger charge is 2.56. The Hall–Kier alpha value is -8.07. The number of benzene rings is 4. The minimum Gasteiger partial charge on any atom is -0.467 e. The normalized spacial score (nSPS) is 18.1. The number of hydrogen-bond acceptors (Lipinski definition) is 18. The Bertz CT molecular complexity index is 2470. The molecular formula is C46H45N3O18. The maximum Gasteiger partial charge on any atom is 0.514 e. The fraction of sp³-hybridized carbons (Fsp3) is 0.326. The van der Waals surface area contributed by atoms with E-state index < -0.39 is 84.3 Å². The Kier molecular flexibility index (Phi) is 16.0. The number of nitro benzene ring substituents is 1. The lowest BCUT2D eigenvalue weighted by molar-refractivity contribution is -0.384. The zero-order valence-electron chi connectivity index (χ0n) is 36.5. The van der Waals surface area contributed by atoms with Crippen LogP contribution in [0.4, 0.5) is 15.3 Å². The van der Waals surface area contributed by atoms with Crippen LogP contribution in [0.15, 0.2) is 91.0 Å². The van der Waals surface area contributed by atoms with E-state index in [0.29, 0.717) is 5.56 Å². The molecule has 0 unspecified atom stereocenters. The van der Waals surface area contributed by atoms with Gasteiger partial charge in [-0.05, 0) is 52.1 Å². The zero-order chi connectivity index (χ0) is 48.2. The molecule has 21 nitrogen and oxygen atoms in total. The third-order valence-corrected chi connectivity index (χ3v) is 10.2. The number of hydrogen-bond donors (Lipinski definition) is 2. The standard InChI is InChI=1S/C46H45N3O18/c1-25(50)62-39-40(63-26(2)51)42(64-27(3)52)44(67-41(39)43(54)59-4)66-37-18-13-28(23-61-46(56)65-31-16-14-30(15-17-31)49(57)58)21-29(37)22-48-38(53)19-20-47-45(55)60-24-36-34-11-7-5-9-32(34)33-10-6-8-12-35(33)36/h5-18,21,36,39-42,44H,19-20,22-24H2,1-4H3,(H,47,55)(H,48,53)/t39-,40-,41-,42+,44+/m0/s1. The molecule has 2 amide bonds. The summed E-state index contributed by atoms with van der Waals surface area (Å²) in [6, 6.07) is 24.7. The van der Waals surface area contributed by atoms with Gasteiger partial charge < -0.3 is 53.3 Å². The number of non-ortho nitro benzene ring substituents is 1. The molecule has 1 fully saturated rings. The number of nitro groups is 1. The van der Waals surface area contributed by atoms with Crippen molar-refractivity contribution in [3.8, 4) is 22.6 Å². The monoisotopic (exact) mass is 927 g/mol. The molecule has 352 valence electrons. The number of nitrogens with one attached hydrogen (secondary N) is 2. The van der Waals surface area contributed by atoms with E-state index in [-0.39, 0.29) is 54.8 Å². The molecule has 1 aliphatic heterocycles. The molecular weight excluding hydrogens is 883 g/mol. The molecule has 4 aromatic carbocycles. The molecule has 6 rings (SSSR count). The van der Waals surface area contributed by atoms with Gasteiger partial charge in [0.05, 0.1) is 12.0 Å². The fourth-order valence-corrected chi connectivity index (χ4v) is 7.39. The van der Waals surface area contributed by atoms with Crippen molar-refractivity contribution >= 4 is 47.7 Å². The second-order valence-corrected chi connectivity index (χ2v) is 14.9. The highest BCUT2D eigenvalue weighted by atomic mass is 16.7. The number of esters is 4. The van der Waals surface area contributed by atoms with Crippen LogP contribution < -0.4 is 20.1 Å². The predicted octanol–water partition coefficient (Wildman–Crippen LogP) is 4.93. The van der Waals surface area contributed by atoms with Crippen molar-refractivity contribution in [2.45, 2.75) is 77.0 Å². The molecule has 2 N–H and O–H groups in total. The second-order valence-electron chi connectivity index (χ2n) is 14.9. The Morgan fingerprint density at radius 3 is 1.96 bits per heavy atom. The fourth-order valence-electron chi connectivity index (χ4n) is 7.39. The van der Waals surface area contributed by atoms with Crippen LogP contribution in [-0.2, 0) is 70.3 Å². The summed E-state index contributed by atoms with van der Waals surface area (Å²) in [6.07, 6.45) is -10.6. The van der Waals surface area contributed by atoms with E-state index in [2.05, 4.69) is 10.6 Å². The smallest absolute Gasteiger partial charge is 0.467 e. The Morgan fingerprint density at radius 2 is 1.34 bits per heavy atom. The maximum atomic E-state index is 13.2. The van der Waals surface area contributed by atoms with Gasteiger partial charge in [0.25, 0.3) is 5.69 Å². The first kappa shape index (κ1) is 48.4. The summed E-state index contributed by atoms with van der Waals surface area (Å²) in [6.45, 7) is 2.41. The lowest BCUT2D eigenvalue weighted by Gasteiger charge is -2.43. The maximum absolute atomic E-state index is 13.2. The first-order valence-corrected chi connectivity index (χ1v) is 20.6. The highest BCUT2D eigenvalue weighted by Crippen LogP contribution is 2.44. The molecule has 2 aliphatic rings. The van der Waals surface area contributed by atoms with Gasteiger partial charge in [0.2, 0.25) is 18.3 Å². The van der Waals surface area contributed by atoms with Gasteiger partial charge in [-0.25, -0.2) is 14.4 Å². The third kappa shape index (κ3) is 12.6. The molecule has 1 saturated heterocycles. The average Bonchev–Trinajstić information content (AvgIpc) is 3.61. The summed E-state index contributed by atoms with van der Waals surface area (Å²) in [7, 11) is 1.03. The van der Waals surface area contributed by atoms with Crippen LogP contribution in [-0.4, -0.2) is 97.9 Å². The van der Waals surface area contributed by atoms with Gasteiger partial charge in [-0.1, -0.05) is 54.6 Å². The van der Waals surface area contributed by atoms with E-state index in [1.165, 1.54) is 30.3 Å². The van der Waals surface area contributed by atoms with Crippen LogP contribution in [0.5, 0.6) is 11.5 Å². The van der Waals surface area contributed by atoms with E-state index in [0.717, 1.165) is 62.3 Å². The van der Waals surface area contributed by atoms with Crippen LogP contribution in [0.2, 0.25) is 0 Å². The van der Waals surface area contributed by atoms with Crippen LogP contribution in [0.1, 0.15) is 55.4 Å². The van der Waals surface area contributed by atoms with E-state index in [1.807, 2.05) is 48.5 Å². The van der Waals surface area contributed by atoms with Gasteiger partial charge in [-0.3, -0.25) is 29.3 Å². The van der Waals surface area contributed by atoms with E-state index in [1.54, 1.807) is 0 Å². The quantitative estimate of drug-likeness (QED) is 0.0467. The molecule has 67 heavy (non-hydrogen) atoms. The van der Waals surface area contributed by atoms with Gasteiger partial charge in [-0.2, -0.15) is 0 Å². The second kappa shape index (κ2) is 22.2. The van der Waals surface area contributed by atoms with Crippen LogP contribution in [0.25, 0.3) is 11.1 Å². The molecule has 1 aliphatic carbocycles. The average molecular weight is 928 g/mol. The van der Waals surface area contributed by atoms with Crippen molar-refractivity contribution in [1.82, 2.24) is 10.6 Å². The first-order valence-electron chi connectivity index (χ1n) is 20.6. The lowest BCUT2D eigenvalue weighted by atomic mass is 9.97. The predicted molar refractivity (Wildman–Crippen MR) is 228 cm³/mol. The van der Waals surface area contributed by atoms with Gasteiger partial charge in [-0.15, -0.1) is 0 Å².